The summed E-state index contributed by atoms with van der Waals surface area (Å²) in [7, 11) is 1.62. The van der Waals surface area contributed by atoms with Gasteiger partial charge in [0.05, 0.1) is 7.11 Å². The number of aromatic nitrogens is 4. The number of aromatic amines is 1. The van der Waals surface area contributed by atoms with Crippen molar-refractivity contribution in [3.8, 4) is 17.1 Å². The molecule has 0 amide bonds. The van der Waals surface area contributed by atoms with E-state index in [0.717, 1.165) is 11.3 Å². The number of hydrogen-bond donors (Lipinski definition) is 1. The van der Waals surface area contributed by atoms with Gasteiger partial charge in [-0.2, -0.15) is 5.10 Å². The summed E-state index contributed by atoms with van der Waals surface area (Å²) in [6, 6.07) is 7.50. The fourth-order valence-corrected chi connectivity index (χ4v) is 1.92. The quantitative estimate of drug-likeness (QED) is 0.720. The van der Waals surface area contributed by atoms with Crippen LogP contribution in [0.5, 0.6) is 5.75 Å². The predicted molar refractivity (Wildman–Crippen MR) is 68.7 cm³/mol. The molecule has 0 unspecified atom stereocenters. The van der Waals surface area contributed by atoms with Gasteiger partial charge in [0.25, 0.3) is 0 Å². The van der Waals surface area contributed by atoms with E-state index in [-0.39, 0.29) is 0 Å². The topological polar surface area (TPSA) is 63.7 Å². The molecule has 0 fully saturated rings. The molecule has 90 valence electrons. The monoisotopic (exact) mass is 260 g/mol. The van der Waals surface area contributed by atoms with Crippen LogP contribution in [-0.4, -0.2) is 27.3 Å². The molecule has 3 aromatic rings. The summed E-state index contributed by atoms with van der Waals surface area (Å²) in [5, 5.41) is 7.03. The van der Waals surface area contributed by atoms with Gasteiger partial charge in [0.2, 0.25) is 0 Å². The highest BCUT2D eigenvalue weighted by atomic mass is 35.5. The van der Waals surface area contributed by atoms with Crippen molar-refractivity contribution in [3.63, 3.8) is 0 Å². The minimum absolute atomic E-state index is 0.332. The molecule has 2 aromatic heterocycles. The summed E-state index contributed by atoms with van der Waals surface area (Å²) >= 11 is 6.06. The molecule has 3 rings (SSSR count). The van der Waals surface area contributed by atoms with Crippen molar-refractivity contribution in [1.29, 1.82) is 0 Å². The number of ether oxygens (including phenoxy) is 1. The Kier molecular flexibility index (Phi) is 2.60. The molecule has 0 aliphatic rings. The van der Waals surface area contributed by atoms with Gasteiger partial charge in [-0.15, -0.1) is 0 Å². The maximum atomic E-state index is 6.06. The van der Waals surface area contributed by atoms with Crippen LogP contribution < -0.4 is 4.74 Å². The van der Waals surface area contributed by atoms with Gasteiger partial charge in [-0.3, -0.25) is 5.10 Å². The average Bonchev–Trinajstić information content (AvgIpc) is 2.87. The first-order valence-electron chi connectivity index (χ1n) is 5.29. The molecule has 0 atom stereocenters. The Balaban J connectivity index is 2.18. The van der Waals surface area contributed by atoms with E-state index in [9.17, 15) is 0 Å². The van der Waals surface area contributed by atoms with Gasteiger partial charge in [0.1, 0.15) is 16.8 Å². The molecule has 0 aliphatic carbocycles. The third kappa shape index (κ3) is 1.78. The lowest BCUT2D eigenvalue weighted by Crippen LogP contribution is -1.91. The molecule has 0 spiro atoms. The number of benzene rings is 1. The summed E-state index contributed by atoms with van der Waals surface area (Å²) in [6.45, 7) is 0. The highest BCUT2D eigenvalue weighted by molar-refractivity contribution is 6.33. The third-order valence-electron chi connectivity index (χ3n) is 2.57. The number of halogens is 1. The van der Waals surface area contributed by atoms with Crippen LogP contribution in [0.15, 0.2) is 30.5 Å². The van der Waals surface area contributed by atoms with Gasteiger partial charge in [-0.1, -0.05) is 23.7 Å². The highest BCUT2D eigenvalue weighted by Gasteiger charge is 2.10. The number of nitrogens with one attached hydrogen (secondary N) is 1. The van der Waals surface area contributed by atoms with Gasteiger partial charge in [0, 0.05) is 11.8 Å². The van der Waals surface area contributed by atoms with E-state index >= 15 is 0 Å². The fourth-order valence-electron chi connectivity index (χ4n) is 1.70. The van der Waals surface area contributed by atoms with E-state index < -0.39 is 0 Å². The smallest absolute Gasteiger partial charge is 0.161 e. The second-order valence-electron chi connectivity index (χ2n) is 3.69. The van der Waals surface area contributed by atoms with E-state index in [2.05, 4.69) is 20.2 Å². The van der Waals surface area contributed by atoms with Gasteiger partial charge >= 0.3 is 0 Å². The Hall–Kier alpha value is -2.14. The van der Waals surface area contributed by atoms with Crippen molar-refractivity contribution in [2.45, 2.75) is 0 Å². The summed E-state index contributed by atoms with van der Waals surface area (Å²) < 4.78 is 5.17. The molecular formula is C12H9ClN4O. The lowest BCUT2D eigenvalue weighted by atomic mass is 10.2. The van der Waals surface area contributed by atoms with E-state index in [0.29, 0.717) is 22.0 Å². The first-order valence-corrected chi connectivity index (χ1v) is 5.67. The molecule has 1 aromatic carbocycles. The molecule has 2 heterocycles. The van der Waals surface area contributed by atoms with Crippen molar-refractivity contribution < 1.29 is 4.74 Å². The minimum atomic E-state index is 0.332. The summed E-state index contributed by atoms with van der Waals surface area (Å²) in [5.41, 5.74) is 2.11. The van der Waals surface area contributed by atoms with Crippen molar-refractivity contribution in [3.05, 3.63) is 35.6 Å². The second-order valence-corrected chi connectivity index (χ2v) is 4.05. The van der Waals surface area contributed by atoms with Crippen LogP contribution in [0.1, 0.15) is 0 Å². The number of H-pyrrole nitrogens is 1. The molecule has 0 saturated heterocycles. The second kappa shape index (κ2) is 4.27. The third-order valence-corrected chi connectivity index (χ3v) is 2.84. The molecule has 5 nitrogen and oxygen atoms in total. The fraction of sp³-hybridized carbons (Fsp3) is 0.0833. The van der Waals surface area contributed by atoms with Crippen LogP contribution in [-0.2, 0) is 0 Å². The van der Waals surface area contributed by atoms with Crippen LogP contribution in [0.25, 0.3) is 22.4 Å². The van der Waals surface area contributed by atoms with Crippen molar-refractivity contribution in [1.82, 2.24) is 20.2 Å². The lowest BCUT2D eigenvalue weighted by molar-refractivity contribution is 0.415. The first kappa shape index (κ1) is 11.0. The molecule has 0 aliphatic heterocycles. The summed E-state index contributed by atoms with van der Waals surface area (Å²) in [4.78, 5) is 8.63. The van der Waals surface area contributed by atoms with Crippen LogP contribution in [0.3, 0.4) is 0 Å². The largest absolute Gasteiger partial charge is 0.497 e. The number of rotatable bonds is 2. The normalized spacial score (nSPS) is 10.8. The Morgan fingerprint density at radius 3 is 3.00 bits per heavy atom. The van der Waals surface area contributed by atoms with E-state index in [1.165, 1.54) is 0 Å². The molecular weight excluding hydrogens is 252 g/mol. The zero-order valence-electron chi connectivity index (χ0n) is 9.51. The number of methoxy groups -OCH3 is 1. The van der Waals surface area contributed by atoms with Gasteiger partial charge in [-0.05, 0) is 12.1 Å². The van der Waals surface area contributed by atoms with E-state index in [1.54, 1.807) is 13.3 Å². The zero-order chi connectivity index (χ0) is 12.5. The van der Waals surface area contributed by atoms with E-state index in [1.807, 2.05) is 24.3 Å². The van der Waals surface area contributed by atoms with Crippen molar-refractivity contribution >= 4 is 22.6 Å². The van der Waals surface area contributed by atoms with Crippen LogP contribution in [0.2, 0.25) is 5.15 Å². The van der Waals surface area contributed by atoms with Gasteiger partial charge in [0.15, 0.2) is 11.0 Å². The van der Waals surface area contributed by atoms with Crippen LogP contribution >= 0.6 is 11.6 Å². The zero-order valence-corrected chi connectivity index (χ0v) is 10.3. The highest BCUT2D eigenvalue weighted by Crippen LogP contribution is 2.25. The Bertz CT molecular complexity index is 710. The first-order chi connectivity index (χ1) is 8.78. The SMILES string of the molecule is COc1cccc(-c2nc(Cl)c3n[nH]cc3n2)c1. The van der Waals surface area contributed by atoms with Crippen molar-refractivity contribution in [2.24, 2.45) is 0 Å². The lowest BCUT2D eigenvalue weighted by Gasteiger charge is -2.03. The molecule has 0 saturated carbocycles. The maximum absolute atomic E-state index is 6.06. The molecule has 6 heteroatoms. The summed E-state index contributed by atoms with van der Waals surface area (Å²) in [5.74, 6) is 1.30. The van der Waals surface area contributed by atoms with E-state index in [4.69, 9.17) is 16.3 Å². The number of nitrogens with zero attached hydrogens (tertiary/aromatic N) is 3. The Labute approximate surface area is 108 Å². The molecule has 18 heavy (non-hydrogen) atoms. The molecule has 0 radical (unpaired) electrons. The molecule has 1 N–H and O–H groups in total. The Morgan fingerprint density at radius 2 is 2.17 bits per heavy atom. The van der Waals surface area contributed by atoms with Crippen LogP contribution in [0, 0.1) is 0 Å². The van der Waals surface area contributed by atoms with Gasteiger partial charge < -0.3 is 4.74 Å². The maximum Gasteiger partial charge on any atom is 0.161 e. The van der Waals surface area contributed by atoms with Gasteiger partial charge in [-0.25, -0.2) is 9.97 Å². The molecule has 0 bridgehead atoms. The Morgan fingerprint density at radius 1 is 1.28 bits per heavy atom. The van der Waals surface area contributed by atoms with Crippen molar-refractivity contribution in [2.75, 3.05) is 7.11 Å². The van der Waals surface area contributed by atoms with Crippen LogP contribution in [0.4, 0.5) is 0 Å². The predicted octanol–water partition coefficient (Wildman–Crippen LogP) is 2.68. The number of hydrogen-bond acceptors (Lipinski definition) is 4. The minimum Gasteiger partial charge on any atom is -0.497 e. The standard InChI is InChI=1S/C12H9ClN4O/c1-18-8-4-2-3-7(5-8)12-15-9-6-14-17-10(9)11(13)16-12/h2-6H,1H3,(H,14,17). The average molecular weight is 261 g/mol. The number of fused-ring (bicyclic) bond motifs is 1. The summed E-state index contributed by atoms with van der Waals surface area (Å²) in [6.07, 6.45) is 1.69.